The van der Waals surface area contributed by atoms with E-state index >= 15 is 0 Å². The highest BCUT2D eigenvalue weighted by atomic mass is 16.6. The summed E-state index contributed by atoms with van der Waals surface area (Å²) in [5.74, 6) is -1.13. The quantitative estimate of drug-likeness (QED) is 0.0205. The van der Waals surface area contributed by atoms with E-state index in [9.17, 15) is 14.4 Å². The molecule has 0 radical (unpaired) electrons. The average Bonchev–Trinajstić information content (AvgIpc) is 3.22. The molecule has 0 amide bonds. The molecule has 0 aromatic rings. The fourth-order valence-electron chi connectivity index (χ4n) is 5.30. The van der Waals surface area contributed by atoms with Gasteiger partial charge in [-0.15, -0.1) is 0 Å². The minimum atomic E-state index is -0.839. The standard InChI is InChI=1S/C52H78O6/c1-4-7-10-13-16-19-21-23-24-25-26-27-28-29-31-33-36-39-42-45-51(54)57-48-49(47-56-50(53)44-41-38-35-32-18-15-12-9-6-3)58-52(55)46-43-40-37-34-30-22-20-17-14-11-8-5-2/h7,9-10,12-13,16-21,23-29,31-32,38,41,49H,4-6,8,11,14-15,22,30,33-37,39-40,42-48H2,1-3H3/b10-7-,12-9-,16-13-,20-17-,21-19-,24-23-,26-25+,28-27-,31-29-,32-18-,41-38-. The van der Waals surface area contributed by atoms with Crippen molar-refractivity contribution >= 4 is 17.9 Å². The molecule has 0 heterocycles. The van der Waals surface area contributed by atoms with Crippen LogP contribution in [0.5, 0.6) is 0 Å². The van der Waals surface area contributed by atoms with Gasteiger partial charge in [0.2, 0.25) is 0 Å². The first-order valence-electron chi connectivity index (χ1n) is 22.3. The van der Waals surface area contributed by atoms with Crippen molar-refractivity contribution in [3.8, 4) is 0 Å². The molecular weight excluding hydrogens is 721 g/mol. The zero-order chi connectivity index (χ0) is 42.3. The Morgan fingerprint density at radius 1 is 0.397 bits per heavy atom. The fraction of sp³-hybridized carbons (Fsp3) is 0.519. The predicted molar refractivity (Wildman–Crippen MR) is 246 cm³/mol. The number of unbranched alkanes of at least 4 members (excludes halogenated alkanes) is 11. The minimum Gasteiger partial charge on any atom is -0.462 e. The van der Waals surface area contributed by atoms with Crippen LogP contribution < -0.4 is 0 Å². The number of carbonyl (C=O) groups is 3. The van der Waals surface area contributed by atoms with E-state index in [2.05, 4.69) is 69.4 Å². The maximum absolute atomic E-state index is 12.7. The van der Waals surface area contributed by atoms with Gasteiger partial charge in [-0.2, -0.15) is 0 Å². The van der Waals surface area contributed by atoms with E-state index in [1.165, 1.54) is 25.7 Å². The van der Waals surface area contributed by atoms with Crippen molar-refractivity contribution in [3.63, 3.8) is 0 Å². The number of allylic oxidation sites excluding steroid dienone is 21. The summed E-state index contributed by atoms with van der Waals surface area (Å²) >= 11 is 0. The van der Waals surface area contributed by atoms with Crippen molar-refractivity contribution in [3.05, 3.63) is 134 Å². The summed E-state index contributed by atoms with van der Waals surface area (Å²) in [5.41, 5.74) is 0. The molecule has 1 unspecified atom stereocenters. The summed E-state index contributed by atoms with van der Waals surface area (Å²) < 4.78 is 16.5. The molecule has 6 heteroatoms. The molecule has 0 saturated heterocycles. The normalized spacial score (nSPS) is 13.4. The Balaban J connectivity index is 4.56. The minimum absolute atomic E-state index is 0.118. The van der Waals surface area contributed by atoms with Crippen molar-refractivity contribution in [1.29, 1.82) is 0 Å². The molecule has 0 aliphatic carbocycles. The molecule has 0 aromatic heterocycles. The molecule has 322 valence electrons. The molecular formula is C52H78O6. The number of ether oxygens (including phenoxy) is 3. The first kappa shape index (κ1) is 53.6. The molecule has 0 aliphatic heterocycles. The first-order chi connectivity index (χ1) is 28.5. The number of rotatable bonds is 37. The Hall–Kier alpha value is -4.45. The van der Waals surface area contributed by atoms with E-state index in [0.29, 0.717) is 6.42 Å². The lowest BCUT2D eigenvalue weighted by molar-refractivity contribution is -0.166. The lowest BCUT2D eigenvalue weighted by atomic mass is 10.1. The van der Waals surface area contributed by atoms with Gasteiger partial charge >= 0.3 is 17.9 Å². The van der Waals surface area contributed by atoms with E-state index in [4.69, 9.17) is 14.2 Å². The van der Waals surface area contributed by atoms with Crippen LogP contribution in [0.4, 0.5) is 0 Å². The van der Waals surface area contributed by atoms with Gasteiger partial charge in [0, 0.05) is 12.8 Å². The smallest absolute Gasteiger partial charge is 0.309 e. The average molecular weight is 799 g/mol. The molecule has 0 bridgehead atoms. The van der Waals surface area contributed by atoms with Crippen molar-refractivity contribution in [1.82, 2.24) is 0 Å². The van der Waals surface area contributed by atoms with Crippen molar-refractivity contribution in [2.24, 2.45) is 0 Å². The van der Waals surface area contributed by atoms with Crippen LogP contribution in [0.25, 0.3) is 0 Å². The van der Waals surface area contributed by atoms with Gasteiger partial charge in [0.05, 0.1) is 6.42 Å². The highest BCUT2D eigenvalue weighted by molar-refractivity contribution is 5.72. The van der Waals surface area contributed by atoms with Crippen LogP contribution in [0.1, 0.15) is 156 Å². The van der Waals surface area contributed by atoms with Crippen LogP contribution in [-0.4, -0.2) is 37.2 Å². The zero-order valence-electron chi connectivity index (χ0n) is 36.5. The van der Waals surface area contributed by atoms with Gasteiger partial charge in [0.25, 0.3) is 0 Å². The van der Waals surface area contributed by atoms with E-state index in [0.717, 1.165) is 83.5 Å². The lowest BCUT2D eigenvalue weighted by Crippen LogP contribution is -2.30. The molecule has 0 rings (SSSR count). The van der Waals surface area contributed by atoms with Crippen LogP contribution in [0.3, 0.4) is 0 Å². The number of carbonyl (C=O) groups excluding carboxylic acids is 3. The Morgan fingerprint density at radius 3 is 1.41 bits per heavy atom. The van der Waals surface area contributed by atoms with E-state index in [-0.39, 0.29) is 44.4 Å². The van der Waals surface area contributed by atoms with Crippen molar-refractivity contribution in [2.45, 2.75) is 162 Å². The molecule has 0 N–H and O–H groups in total. The summed E-state index contributed by atoms with van der Waals surface area (Å²) in [6.07, 6.45) is 63.2. The van der Waals surface area contributed by atoms with Crippen LogP contribution in [-0.2, 0) is 28.6 Å². The molecule has 0 saturated carbocycles. The Morgan fingerprint density at radius 2 is 0.828 bits per heavy atom. The summed E-state index contributed by atoms with van der Waals surface area (Å²) in [4.78, 5) is 37.6. The van der Waals surface area contributed by atoms with Gasteiger partial charge in [0.15, 0.2) is 6.10 Å². The van der Waals surface area contributed by atoms with E-state index in [1.807, 2.05) is 79.0 Å². The van der Waals surface area contributed by atoms with Gasteiger partial charge in [-0.25, -0.2) is 0 Å². The molecule has 6 nitrogen and oxygen atoms in total. The Kier molecular flexibility index (Phi) is 41.8. The zero-order valence-corrected chi connectivity index (χ0v) is 36.5. The van der Waals surface area contributed by atoms with Crippen molar-refractivity contribution in [2.75, 3.05) is 13.2 Å². The summed E-state index contributed by atoms with van der Waals surface area (Å²) in [6, 6.07) is 0. The van der Waals surface area contributed by atoms with Crippen LogP contribution >= 0.6 is 0 Å². The SMILES string of the molecule is CC\C=C/C=C\C=C/C=C\C=C\C=C/C=C\CCCCCC(=O)OCC(COC(=O)C/C=C\C/C=C\C/C=C\CC)OC(=O)CCCCCCC/C=C\CCCCC. The van der Waals surface area contributed by atoms with Crippen LogP contribution in [0.2, 0.25) is 0 Å². The third kappa shape index (κ3) is 42.7. The third-order valence-electron chi connectivity index (χ3n) is 8.60. The van der Waals surface area contributed by atoms with Crippen LogP contribution in [0.15, 0.2) is 134 Å². The monoisotopic (exact) mass is 799 g/mol. The van der Waals surface area contributed by atoms with Crippen molar-refractivity contribution < 1.29 is 28.6 Å². The third-order valence-corrected chi connectivity index (χ3v) is 8.60. The number of hydrogen-bond donors (Lipinski definition) is 0. The summed E-state index contributed by atoms with van der Waals surface area (Å²) in [5, 5.41) is 0. The first-order valence-corrected chi connectivity index (χ1v) is 22.3. The number of esters is 3. The molecule has 0 aromatic carbocycles. The van der Waals surface area contributed by atoms with Gasteiger partial charge in [-0.05, 0) is 77.0 Å². The second-order valence-electron chi connectivity index (χ2n) is 14.0. The van der Waals surface area contributed by atoms with Gasteiger partial charge in [0.1, 0.15) is 13.2 Å². The summed E-state index contributed by atoms with van der Waals surface area (Å²) in [7, 11) is 0. The Labute approximate surface area is 354 Å². The second kappa shape index (κ2) is 45.3. The topological polar surface area (TPSA) is 78.9 Å². The highest BCUT2D eigenvalue weighted by Gasteiger charge is 2.19. The maximum atomic E-state index is 12.7. The highest BCUT2D eigenvalue weighted by Crippen LogP contribution is 2.11. The second-order valence-corrected chi connectivity index (χ2v) is 14.0. The fourth-order valence-corrected chi connectivity index (χ4v) is 5.30. The van der Waals surface area contributed by atoms with Gasteiger partial charge < -0.3 is 14.2 Å². The Bertz CT molecular complexity index is 1330. The molecule has 0 spiro atoms. The van der Waals surface area contributed by atoms with E-state index < -0.39 is 12.1 Å². The number of hydrogen-bond acceptors (Lipinski definition) is 6. The largest absolute Gasteiger partial charge is 0.462 e. The predicted octanol–water partition coefficient (Wildman–Crippen LogP) is 14.4. The molecule has 58 heavy (non-hydrogen) atoms. The molecule has 0 fully saturated rings. The van der Waals surface area contributed by atoms with Crippen LogP contribution in [0, 0.1) is 0 Å². The maximum Gasteiger partial charge on any atom is 0.309 e. The summed E-state index contributed by atoms with van der Waals surface area (Å²) in [6.45, 7) is 6.16. The van der Waals surface area contributed by atoms with Gasteiger partial charge in [-0.3, -0.25) is 14.4 Å². The molecule has 0 aliphatic rings. The molecule has 1 atom stereocenters. The van der Waals surface area contributed by atoms with Gasteiger partial charge in [-0.1, -0.05) is 193 Å². The van der Waals surface area contributed by atoms with E-state index in [1.54, 1.807) is 6.08 Å². The lowest BCUT2D eigenvalue weighted by Gasteiger charge is -2.18.